The van der Waals surface area contributed by atoms with E-state index in [4.69, 9.17) is 0 Å². The standard InChI is InChI=1S/C14H24N2O/c1-3-14(6-4-5-7-14)10-16-13(17)11(2)12-8-15-9-12/h15H,3-10H2,1-2H3,(H,16,17). The van der Waals surface area contributed by atoms with Gasteiger partial charge in [0.1, 0.15) is 0 Å². The van der Waals surface area contributed by atoms with Crippen molar-refractivity contribution in [2.45, 2.75) is 46.0 Å². The van der Waals surface area contributed by atoms with Crippen LogP contribution in [0.15, 0.2) is 11.1 Å². The maximum Gasteiger partial charge on any atom is 0.246 e. The molecule has 1 saturated heterocycles. The van der Waals surface area contributed by atoms with Crippen LogP contribution in [0, 0.1) is 5.41 Å². The normalized spacial score (nSPS) is 22.1. The monoisotopic (exact) mass is 236 g/mol. The van der Waals surface area contributed by atoms with E-state index in [1.807, 2.05) is 6.92 Å². The van der Waals surface area contributed by atoms with E-state index in [1.54, 1.807) is 0 Å². The molecule has 0 spiro atoms. The molecule has 96 valence electrons. The summed E-state index contributed by atoms with van der Waals surface area (Å²) in [5, 5.41) is 6.32. The molecule has 2 fully saturated rings. The lowest BCUT2D eigenvalue weighted by atomic mass is 9.83. The molecule has 1 amide bonds. The zero-order valence-electron chi connectivity index (χ0n) is 11.1. The van der Waals surface area contributed by atoms with Crippen LogP contribution in [0.1, 0.15) is 46.0 Å². The van der Waals surface area contributed by atoms with E-state index in [-0.39, 0.29) is 5.91 Å². The van der Waals surface area contributed by atoms with Crippen molar-refractivity contribution in [1.82, 2.24) is 10.6 Å². The number of hydrogen-bond acceptors (Lipinski definition) is 2. The van der Waals surface area contributed by atoms with Crippen molar-refractivity contribution in [1.29, 1.82) is 0 Å². The molecule has 2 N–H and O–H groups in total. The summed E-state index contributed by atoms with van der Waals surface area (Å²) in [7, 11) is 0. The van der Waals surface area contributed by atoms with Crippen molar-refractivity contribution in [2.24, 2.45) is 5.41 Å². The first-order chi connectivity index (χ1) is 8.17. The molecule has 0 aromatic rings. The van der Waals surface area contributed by atoms with Crippen molar-refractivity contribution in [2.75, 3.05) is 19.6 Å². The van der Waals surface area contributed by atoms with Crippen LogP contribution in [0.25, 0.3) is 0 Å². The fraction of sp³-hybridized carbons (Fsp3) is 0.786. The topological polar surface area (TPSA) is 41.1 Å². The van der Waals surface area contributed by atoms with Crippen molar-refractivity contribution in [3.63, 3.8) is 0 Å². The summed E-state index contributed by atoms with van der Waals surface area (Å²) in [5.74, 6) is 0.140. The Morgan fingerprint density at radius 1 is 1.35 bits per heavy atom. The highest BCUT2D eigenvalue weighted by atomic mass is 16.1. The molecule has 0 aromatic heterocycles. The van der Waals surface area contributed by atoms with Crippen LogP contribution in [-0.4, -0.2) is 25.5 Å². The zero-order valence-corrected chi connectivity index (χ0v) is 11.1. The molecule has 1 aliphatic carbocycles. The first kappa shape index (κ1) is 12.6. The first-order valence-electron chi connectivity index (χ1n) is 6.84. The van der Waals surface area contributed by atoms with Gasteiger partial charge in [-0.15, -0.1) is 0 Å². The molecule has 0 atom stereocenters. The van der Waals surface area contributed by atoms with Gasteiger partial charge in [-0.2, -0.15) is 0 Å². The van der Waals surface area contributed by atoms with Gasteiger partial charge in [0.15, 0.2) is 0 Å². The summed E-state index contributed by atoms with van der Waals surface area (Å²) in [5.41, 5.74) is 2.57. The molecule has 1 aliphatic heterocycles. The number of carbonyl (C=O) groups is 1. The van der Waals surface area contributed by atoms with Gasteiger partial charge >= 0.3 is 0 Å². The zero-order chi connectivity index (χ0) is 12.3. The average molecular weight is 236 g/mol. The molecule has 17 heavy (non-hydrogen) atoms. The Bertz CT molecular complexity index is 321. The second-order valence-corrected chi connectivity index (χ2v) is 5.58. The van der Waals surface area contributed by atoms with Gasteiger partial charge in [-0.05, 0) is 37.2 Å². The summed E-state index contributed by atoms with van der Waals surface area (Å²) in [6, 6.07) is 0. The highest BCUT2D eigenvalue weighted by molar-refractivity contribution is 5.94. The fourth-order valence-corrected chi connectivity index (χ4v) is 2.86. The van der Waals surface area contributed by atoms with Crippen LogP contribution in [0.3, 0.4) is 0 Å². The van der Waals surface area contributed by atoms with Crippen molar-refractivity contribution < 1.29 is 4.79 Å². The Morgan fingerprint density at radius 3 is 2.47 bits per heavy atom. The Morgan fingerprint density at radius 2 is 2.00 bits per heavy atom. The third-order valence-corrected chi connectivity index (χ3v) is 4.59. The number of nitrogens with one attached hydrogen (secondary N) is 2. The number of hydrogen-bond donors (Lipinski definition) is 2. The predicted octanol–water partition coefficient (Wildman–Crippen LogP) is 1.99. The van der Waals surface area contributed by atoms with E-state index < -0.39 is 0 Å². The molecule has 0 aromatic carbocycles. The largest absolute Gasteiger partial charge is 0.352 e. The lowest BCUT2D eigenvalue weighted by Gasteiger charge is -2.28. The van der Waals surface area contributed by atoms with Gasteiger partial charge in [-0.25, -0.2) is 0 Å². The van der Waals surface area contributed by atoms with Crippen molar-refractivity contribution >= 4 is 5.91 Å². The Kier molecular flexibility index (Phi) is 3.87. The fourth-order valence-electron chi connectivity index (χ4n) is 2.86. The van der Waals surface area contributed by atoms with E-state index in [0.717, 1.165) is 25.2 Å². The highest BCUT2D eigenvalue weighted by Gasteiger charge is 2.32. The van der Waals surface area contributed by atoms with Crippen LogP contribution < -0.4 is 10.6 Å². The minimum absolute atomic E-state index is 0.140. The summed E-state index contributed by atoms with van der Waals surface area (Å²) >= 11 is 0. The van der Waals surface area contributed by atoms with Crippen LogP contribution in [0.5, 0.6) is 0 Å². The summed E-state index contributed by atoms with van der Waals surface area (Å²) in [6.45, 7) is 6.83. The summed E-state index contributed by atoms with van der Waals surface area (Å²) in [4.78, 5) is 12.0. The van der Waals surface area contributed by atoms with Gasteiger partial charge in [0.05, 0.1) is 0 Å². The maximum absolute atomic E-state index is 12.0. The molecular formula is C14H24N2O. The van der Waals surface area contributed by atoms with E-state index in [2.05, 4.69) is 17.6 Å². The Balaban J connectivity index is 1.87. The molecule has 0 bridgehead atoms. The second-order valence-electron chi connectivity index (χ2n) is 5.58. The lowest BCUT2D eigenvalue weighted by molar-refractivity contribution is -0.118. The van der Waals surface area contributed by atoms with Crippen molar-refractivity contribution in [3.8, 4) is 0 Å². The first-order valence-corrected chi connectivity index (χ1v) is 6.84. The van der Waals surface area contributed by atoms with Crippen LogP contribution >= 0.6 is 0 Å². The lowest BCUT2D eigenvalue weighted by Crippen LogP contribution is -2.40. The minimum atomic E-state index is 0.140. The molecular weight excluding hydrogens is 212 g/mol. The highest BCUT2D eigenvalue weighted by Crippen LogP contribution is 2.40. The molecule has 0 unspecified atom stereocenters. The third-order valence-electron chi connectivity index (χ3n) is 4.59. The Labute approximate surface area is 104 Å². The summed E-state index contributed by atoms with van der Waals surface area (Å²) < 4.78 is 0. The van der Waals surface area contributed by atoms with Gasteiger partial charge in [0, 0.05) is 25.2 Å². The van der Waals surface area contributed by atoms with E-state index in [0.29, 0.717) is 5.41 Å². The van der Waals surface area contributed by atoms with Gasteiger partial charge in [-0.3, -0.25) is 4.79 Å². The second kappa shape index (κ2) is 5.21. The number of amides is 1. The number of carbonyl (C=O) groups excluding carboxylic acids is 1. The molecule has 2 aliphatic rings. The predicted molar refractivity (Wildman–Crippen MR) is 69.8 cm³/mol. The van der Waals surface area contributed by atoms with E-state index in [1.165, 1.54) is 37.7 Å². The van der Waals surface area contributed by atoms with Crippen LogP contribution in [0.2, 0.25) is 0 Å². The number of rotatable bonds is 4. The molecule has 0 radical (unpaired) electrons. The Hall–Kier alpha value is -0.830. The minimum Gasteiger partial charge on any atom is -0.352 e. The molecule has 3 heteroatoms. The van der Waals surface area contributed by atoms with Gasteiger partial charge in [0.2, 0.25) is 5.91 Å². The van der Waals surface area contributed by atoms with Crippen LogP contribution in [0.4, 0.5) is 0 Å². The smallest absolute Gasteiger partial charge is 0.246 e. The molecule has 1 heterocycles. The SMILES string of the molecule is CCC1(CNC(=O)C(C)=C2CNC2)CCCC1. The van der Waals surface area contributed by atoms with Crippen LogP contribution in [-0.2, 0) is 4.79 Å². The quantitative estimate of drug-likeness (QED) is 0.733. The van der Waals surface area contributed by atoms with E-state index in [9.17, 15) is 4.79 Å². The van der Waals surface area contributed by atoms with Crippen molar-refractivity contribution in [3.05, 3.63) is 11.1 Å². The van der Waals surface area contributed by atoms with Gasteiger partial charge in [-0.1, -0.05) is 19.8 Å². The van der Waals surface area contributed by atoms with Gasteiger partial charge < -0.3 is 10.6 Å². The molecule has 3 nitrogen and oxygen atoms in total. The van der Waals surface area contributed by atoms with Gasteiger partial charge in [0.25, 0.3) is 0 Å². The third kappa shape index (κ3) is 2.71. The molecule has 1 saturated carbocycles. The van der Waals surface area contributed by atoms with E-state index >= 15 is 0 Å². The maximum atomic E-state index is 12.0. The molecule has 2 rings (SSSR count). The average Bonchev–Trinajstić information content (AvgIpc) is 2.73. The summed E-state index contributed by atoms with van der Waals surface area (Å²) in [6.07, 6.45) is 6.40.